The minimum absolute atomic E-state index is 0.110. The molecule has 2 aromatic rings. The summed E-state index contributed by atoms with van der Waals surface area (Å²) in [4.78, 5) is 24.2. The summed E-state index contributed by atoms with van der Waals surface area (Å²) in [6.07, 6.45) is 11.3. The number of unbranched alkanes of at least 4 members (excludes halogenated alkanes) is 9. The smallest absolute Gasteiger partial charge is 0.235 e. The second-order valence-corrected chi connectivity index (χ2v) is 11.8. The lowest BCUT2D eigenvalue weighted by Crippen LogP contribution is -2.75. The Kier molecular flexibility index (Phi) is 10.5. The molecule has 0 spiro atoms. The van der Waals surface area contributed by atoms with Crippen LogP contribution in [0.5, 0.6) is 5.75 Å². The molecule has 0 aromatic heterocycles. The first-order valence-electron chi connectivity index (χ1n) is 13.2. The van der Waals surface area contributed by atoms with E-state index < -0.39 is 32.3 Å². The van der Waals surface area contributed by atoms with E-state index in [9.17, 15) is 18.0 Å². The van der Waals surface area contributed by atoms with E-state index in [1.165, 1.54) is 50.7 Å². The number of carbonyl (C=O) groups is 2. The van der Waals surface area contributed by atoms with Gasteiger partial charge in [0.05, 0.1) is 4.90 Å². The lowest BCUT2D eigenvalue weighted by atomic mass is 9.82. The third-order valence-corrected chi connectivity index (χ3v) is 9.34. The standard InChI is InChI=1S/C29H39NO5S/c1-2-3-4-5-6-7-8-9-10-17-22-29(36(33,34)25-20-15-12-16-21-25)27(28(32)30-29)26(31)23-35-24-18-13-11-14-19-24/h11-16,18-21,27H,2-10,17,22-23H2,1H3,(H,30,32)/t27-,29+/m1/s1. The molecule has 2 aromatic carbocycles. The van der Waals surface area contributed by atoms with Crippen molar-refractivity contribution in [2.24, 2.45) is 5.92 Å². The molecule has 0 radical (unpaired) electrons. The van der Waals surface area contributed by atoms with E-state index in [-0.39, 0.29) is 17.9 Å². The van der Waals surface area contributed by atoms with Crippen molar-refractivity contribution in [2.75, 3.05) is 6.61 Å². The van der Waals surface area contributed by atoms with Crippen LogP contribution in [0.4, 0.5) is 0 Å². The monoisotopic (exact) mass is 513 g/mol. The van der Waals surface area contributed by atoms with E-state index >= 15 is 0 Å². The summed E-state index contributed by atoms with van der Waals surface area (Å²) in [7, 11) is -3.99. The number of nitrogens with one attached hydrogen (secondary N) is 1. The van der Waals surface area contributed by atoms with Crippen LogP contribution in [-0.4, -0.2) is 31.6 Å². The number of ketones is 1. The molecular formula is C29H39NO5S. The molecule has 2 atom stereocenters. The van der Waals surface area contributed by atoms with Crippen LogP contribution in [0, 0.1) is 5.92 Å². The van der Waals surface area contributed by atoms with Gasteiger partial charge in [-0.15, -0.1) is 0 Å². The van der Waals surface area contributed by atoms with Crippen LogP contribution in [-0.2, 0) is 19.4 Å². The quantitative estimate of drug-likeness (QED) is 0.163. The van der Waals surface area contributed by atoms with Gasteiger partial charge in [-0.1, -0.05) is 101 Å². The maximum absolute atomic E-state index is 13.8. The van der Waals surface area contributed by atoms with Gasteiger partial charge in [-0.2, -0.15) is 0 Å². The number of amides is 1. The fourth-order valence-electron chi connectivity index (χ4n) is 4.90. The Bertz CT molecular complexity index is 1070. The van der Waals surface area contributed by atoms with Crippen molar-refractivity contribution in [1.29, 1.82) is 0 Å². The van der Waals surface area contributed by atoms with Crippen LogP contribution in [0.15, 0.2) is 65.6 Å². The average molecular weight is 514 g/mol. The van der Waals surface area contributed by atoms with Crippen molar-refractivity contribution in [1.82, 2.24) is 5.32 Å². The second-order valence-electron chi connectivity index (χ2n) is 9.63. The molecule has 7 heteroatoms. The molecule has 1 aliphatic heterocycles. The predicted molar refractivity (Wildman–Crippen MR) is 141 cm³/mol. The zero-order valence-corrected chi connectivity index (χ0v) is 22.1. The highest BCUT2D eigenvalue weighted by Crippen LogP contribution is 2.42. The fraction of sp³-hybridized carbons (Fsp3) is 0.517. The molecule has 0 unspecified atom stereocenters. The Morgan fingerprint density at radius 3 is 1.92 bits per heavy atom. The van der Waals surface area contributed by atoms with Crippen LogP contribution < -0.4 is 10.1 Å². The minimum Gasteiger partial charge on any atom is -0.486 e. The molecule has 6 nitrogen and oxygen atoms in total. The third-order valence-electron chi connectivity index (χ3n) is 6.94. The van der Waals surface area contributed by atoms with Gasteiger partial charge in [-0.25, -0.2) is 8.42 Å². The first-order valence-corrected chi connectivity index (χ1v) is 14.7. The molecular weight excluding hydrogens is 474 g/mol. The van der Waals surface area contributed by atoms with Crippen LogP contribution in [0.3, 0.4) is 0 Å². The first kappa shape index (κ1) is 27.9. The third kappa shape index (κ3) is 6.75. The Morgan fingerprint density at radius 1 is 0.833 bits per heavy atom. The largest absolute Gasteiger partial charge is 0.486 e. The van der Waals surface area contributed by atoms with E-state index in [1.807, 2.05) is 6.07 Å². The number of sulfone groups is 1. The number of rotatable bonds is 17. The Balaban J connectivity index is 1.65. The number of carbonyl (C=O) groups excluding carboxylic acids is 2. The Labute approximate surface area is 215 Å². The summed E-state index contributed by atoms with van der Waals surface area (Å²) in [5.41, 5.74) is 0. The van der Waals surface area contributed by atoms with Gasteiger partial charge in [-0.3, -0.25) is 9.59 Å². The lowest BCUT2D eigenvalue weighted by Gasteiger charge is -2.47. The number of para-hydroxylation sites is 1. The number of ether oxygens (including phenoxy) is 1. The molecule has 1 N–H and O–H groups in total. The van der Waals surface area contributed by atoms with E-state index in [0.29, 0.717) is 12.2 Å². The molecule has 0 aliphatic carbocycles. The maximum Gasteiger partial charge on any atom is 0.235 e. The van der Waals surface area contributed by atoms with Gasteiger partial charge in [0.1, 0.15) is 18.3 Å². The van der Waals surface area contributed by atoms with E-state index in [1.54, 1.807) is 42.5 Å². The normalized spacial score (nSPS) is 19.4. The Morgan fingerprint density at radius 2 is 1.36 bits per heavy atom. The van der Waals surface area contributed by atoms with Crippen molar-refractivity contribution in [2.45, 2.75) is 87.3 Å². The van der Waals surface area contributed by atoms with Gasteiger partial charge >= 0.3 is 0 Å². The highest BCUT2D eigenvalue weighted by atomic mass is 32.2. The first-order chi connectivity index (χ1) is 17.4. The molecule has 1 aliphatic rings. The van der Waals surface area contributed by atoms with E-state index in [4.69, 9.17) is 4.74 Å². The number of β-lactam (4-membered cyclic amide) rings is 1. The average Bonchev–Trinajstić information content (AvgIpc) is 2.88. The summed E-state index contributed by atoms with van der Waals surface area (Å²) >= 11 is 0. The summed E-state index contributed by atoms with van der Waals surface area (Å²) in [6, 6.07) is 16.9. The zero-order chi connectivity index (χ0) is 25.9. The van der Waals surface area contributed by atoms with Crippen molar-refractivity contribution < 1.29 is 22.7 Å². The molecule has 196 valence electrons. The van der Waals surface area contributed by atoms with Crippen molar-refractivity contribution in [3.05, 3.63) is 60.7 Å². The molecule has 1 heterocycles. The van der Waals surface area contributed by atoms with Crippen molar-refractivity contribution >= 4 is 21.5 Å². The van der Waals surface area contributed by atoms with Crippen molar-refractivity contribution in [3.63, 3.8) is 0 Å². The SMILES string of the molecule is CCCCCCCCCCCC[C@@]1(S(=O)(=O)c2ccccc2)NC(=O)[C@H]1C(=O)COc1ccccc1. The van der Waals surface area contributed by atoms with E-state index in [2.05, 4.69) is 12.2 Å². The summed E-state index contributed by atoms with van der Waals surface area (Å²) < 4.78 is 33.1. The summed E-state index contributed by atoms with van der Waals surface area (Å²) in [5.74, 6) is -1.86. The molecule has 1 amide bonds. The molecule has 1 saturated heterocycles. The highest BCUT2D eigenvalue weighted by Gasteiger charge is 2.64. The number of hydrogen-bond donors (Lipinski definition) is 1. The summed E-state index contributed by atoms with van der Waals surface area (Å²) in [5, 5.41) is 2.65. The molecule has 1 fully saturated rings. The number of hydrogen-bond acceptors (Lipinski definition) is 5. The molecule has 0 saturated carbocycles. The van der Waals surface area contributed by atoms with Gasteiger partial charge < -0.3 is 10.1 Å². The number of benzene rings is 2. The van der Waals surface area contributed by atoms with Crippen LogP contribution in [0.2, 0.25) is 0 Å². The summed E-state index contributed by atoms with van der Waals surface area (Å²) in [6.45, 7) is 1.86. The van der Waals surface area contributed by atoms with Gasteiger partial charge in [0.2, 0.25) is 15.7 Å². The van der Waals surface area contributed by atoms with Gasteiger partial charge in [0.15, 0.2) is 10.7 Å². The van der Waals surface area contributed by atoms with Crippen LogP contribution in [0.1, 0.15) is 77.6 Å². The molecule has 0 bridgehead atoms. The highest BCUT2D eigenvalue weighted by molar-refractivity contribution is 7.93. The van der Waals surface area contributed by atoms with Crippen molar-refractivity contribution in [3.8, 4) is 5.75 Å². The van der Waals surface area contributed by atoms with Gasteiger partial charge in [-0.05, 0) is 37.1 Å². The molecule has 36 heavy (non-hydrogen) atoms. The van der Waals surface area contributed by atoms with Gasteiger partial charge in [0.25, 0.3) is 0 Å². The van der Waals surface area contributed by atoms with E-state index in [0.717, 1.165) is 19.3 Å². The van der Waals surface area contributed by atoms with Gasteiger partial charge in [0, 0.05) is 0 Å². The maximum atomic E-state index is 13.8. The Hall–Kier alpha value is -2.67. The van der Waals surface area contributed by atoms with Crippen LogP contribution >= 0.6 is 0 Å². The minimum atomic E-state index is -3.99. The number of Topliss-reactive ketones (excluding diaryl/α,β-unsaturated/α-hetero) is 1. The molecule has 3 rings (SSSR count). The fourth-order valence-corrected chi connectivity index (χ4v) is 7.03. The van der Waals surface area contributed by atoms with Crippen LogP contribution in [0.25, 0.3) is 0 Å². The topological polar surface area (TPSA) is 89.5 Å². The second kappa shape index (κ2) is 13.6. The predicted octanol–water partition coefficient (Wildman–Crippen LogP) is 5.86. The lowest BCUT2D eigenvalue weighted by molar-refractivity contribution is -0.147. The zero-order valence-electron chi connectivity index (χ0n) is 21.3.